The number of hydrogen-bond donors (Lipinski definition) is 1. The number of thiophene rings is 2. The highest BCUT2D eigenvalue weighted by molar-refractivity contribution is 7.27. The van der Waals surface area contributed by atoms with Crippen molar-refractivity contribution in [2.75, 3.05) is 0 Å². The van der Waals surface area contributed by atoms with Gasteiger partial charge in [-0.25, -0.2) is 4.39 Å². The molecule has 0 spiro atoms. The average Bonchev–Trinajstić information content (AvgIpc) is 2.91. The number of benzene rings is 1. The minimum Gasteiger partial charge on any atom is -0.320 e. The Balaban J connectivity index is 2.05. The second-order valence-electron chi connectivity index (χ2n) is 4.30. The summed E-state index contributed by atoms with van der Waals surface area (Å²) in [6.45, 7) is 1.95. The Morgan fingerprint density at radius 2 is 2.00 bits per heavy atom. The van der Waals surface area contributed by atoms with Gasteiger partial charge in [-0.05, 0) is 30.5 Å². The molecule has 1 unspecified atom stereocenters. The van der Waals surface area contributed by atoms with Crippen LogP contribution in [0, 0.1) is 12.7 Å². The number of hydrogen-bond acceptors (Lipinski definition) is 3. The Labute approximate surface area is 113 Å². The lowest BCUT2D eigenvalue weighted by Gasteiger charge is -2.11. The van der Waals surface area contributed by atoms with E-state index < -0.39 is 0 Å². The molecule has 2 aromatic heterocycles. The quantitative estimate of drug-likeness (QED) is 0.735. The minimum absolute atomic E-state index is 0.232. The van der Waals surface area contributed by atoms with Gasteiger partial charge < -0.3 is 5.73 Å². The van der Waals surface area contributed by atoms with Gasteiger partial charge in [0.05, 0.1) is 6.04 Å². The molecule has 0 saturated carbocycles. The molecule has 0 radical (unpaired) electrons. The first-order valence-electron chi connectivity index (χ1n) is 5.64. The Bertz CT molecular complexity index is 670. The molecule has 0 aliphatic carbocycles. The molecule has 0 bridgehead atoms. The number of halogens is 1. The summed E-state index contributed by atoms with van der Waals surface area (Å²) in [5, 5.41) is 2.06. The molecular weight excluding hydrogens is 265 g/mol. The monoisotopic (exact) mass is 277 g/mol. The van der Waals surface area contributed by atoms with Gasteiger partial charge in [-0.2, -0.15) is 0 Å². The highest BCUT2D eigenvalue weighted by Gasteiger charge is 2.16. The summed E-state index contributed by atoms with van der Waals surface area (Å²) in [4.78, 5) is 1.02. The molecule has 1 nitrogen and oxygen atoms in total. The van der Waals surface area contributed by atoms with Gasteiger partial charge in [0.2, 0.25) is 0 Å². The zero-order valence-corrected chi connectivity index (χ0v) is 11.4. The zero-order chi connectivity index (χ0) is 12.7. The van der Waals surface area contributed by atoms with E-state index in [4.69, 9.17) is 5.73 Å². The van der Waals surface area contributed by atoms with Crippen LogP contribution in [0.15, 0.2) is 35.7 Å². The van der Waals surface area contributed by atoms with Crippen molar-refractivity contribution >= 4 is 32.1 Å². The second-order valence-corrected chi connectivity index (χ2v) is 6.36. The maximum atomic E-state index is 13.8. The van der Waals surface area contributed by atoms with Crippen molar-refractivity contribution in [1.82, 2.24) is 0 Å². The highest BCUT2D eigenvalue weighted by atomic mass is 32.1. The lowest BCUT2D eigenvalue weighted by Crippen LogP contribution is -2.12. The first kappa shape index (κ1) is 11.8. The largest absolute Gasteiger partial charge is 0.320 e. The molecule has 2 N–H and O–H groups in total. The van der Waals surface area contributed by atoms with Gasteiger partial charge >= 0.3 is 0 Å². The van der Waals surface area contributed by atoms with Crippen LogP contribution in [-0.4, -0.2) is 0 Å². The summed E-state index contributed by atoms with van der Waals surface area (Å²) in [5.74, 6) is -0.232. The van der Waals surface area contributed by atoms with Crippen LogP contribution in [0.1, 0.15) is 22.0 Å². The molecule has 0 amide bonds. The van der Waals surface area contributed by atoms with E-state index in [-0.39, 0.29) is 11.9 Å². The molecule has 18 heavy (non-hydrogen) atoms. The second kappa shape index (κ2) is 4.46. The number of fused-ring (bicyclic) bond motifs is 1. The first-order chi connectivity index (χ1) is 8.65. The fraction of sp³-hybridized carbons (Fsp3) is 0.143. The van der Waals surface area contributed by atoms with Gasteiger partial charge in [-0.1, -0.05) is 17.7 Å². The molecule has 0 aliphatic heterocycles. The molecular formula is C14H12FNS2. The van der Waals surface area contributed by atoms with E-state index >= 15 is 0 Å². The van der Waals surface area contributed by atoms with Crippen molar-refractivity contribution in [2.45, 2.75) is 13.0 Å². The van der Waals surface area contributed by atoms with E-state index in [1.54, 1.807) is 28.7 Å². The molecule has 1 aromatic carbocycles. The van der Waals surface area contributed by atoms with E-state index in [1.165, 1.54) is 15.5 Å². The summed E-state index contributed by atoms with van der Waals surface area (Å²) >= 11 is 3.33. The predicted octanol–water partition coefficient (Wildman–Crippen LogP) is 4.46. The molecule has 4 heteroatoms. The Hall–Kier alpha value is -1.23. The van der Waals surface area contributed by atoms with Crippen LogP contribution in [0.2, 0.25) is 0 Å². The SMILES string of the molecule is Cc1ccc(F)c(C(N)c2cc3sccc3s2)c1. The molecule has 1 atom stereocenters. The lowest BCUT2D eigenvalue weighted by molar-refractivity contribution is 0.600. The Morgan fingerprint density at radius 1 is 1.17 bits per heavy atom. The van der Waals surface area contributed by atoms with Gasteiger partial charge in [0.25, 0.3) is 0 Å². The van der Waals surface area contributed by atoms with Crippen molar-refractivity contribution in [3.63, 3.8) is 0 Å². The first-order valence-corrected chi connectivity index (χ1v) is 7.33. The average molecular weight is 277 g/mol. The summed E-state index contributed by atoms with van der Waals surface area (Å²) in [7, 11) is 0. The lowest BCUT2D eigenvalue weighted by atomic mass is 10.0. The fourth-order valence-electron chi connectivity index (χ4n) is 1.99. The summed E-state index contributed by atoms with van der Waals surface area (Å²) in [6, 6.07) is 8.84. The summed E-state index contributed by atoms with van der Waals surface area (Å²) < 4.78 is 16.3. The normalized spacial score (nSPS) is 13.1. The van der Waals surface area contributed by atoms with Gasteiger partial charge in [0.15, 0.2) is 0 Å². The van der Waals surface area contributed by atoms with Crippen LogP contribution in [0.25, 0.3) is 9.40 Å². The van der Waals surface area contributed by atoms with Crippen LogP contribution in [0.3, 0.4) is 0 Å². The zero-order valence-electron chi connectivity index (χ0n) is 9.81. The predicted molar refractivity (Wildman–Crippen MR) is 76.9 cm³/mol. The number of nitrogens with two attached hydrogens (primary N) is 1. The van der Waals surface area contributed by atoms with Gasteiger partial charge in [0.1, 0.15) is 5.82 Å². The standard InChI is InChI=1S/C14H12FNS2/c1-8-2-3-10(15)9(6-8)14(16)13-7-12-11(18-13)4-5-17-12/h2-7,14H,16H2,1H3. The molecule has 92 valence electrons. The van der Waals surface area contributed by atoms with Crippen LogP contribution < -0.4 is 5.73 Å². The van der Waals surface area contributed by atoms with E-state index in [0.29, 0.717) is 5.56 Å². The topological polar surface area (TPSA) is 26.0 Å². The van der Waals surface area contributed by atoms with E-state index in [2.05, 4.69) is 17.5 Å². The van der Waals surface area contributed by atoms with Crippen molar-refractivity contribution < 1.29 is 4.39 Å². The maximum absolute atomic E-state index is 13.8. The molecule has 3 aromatic rings. The number of aryl methyl sites for hydroxylation is 1. The van der Waals surface area contributed by atoms with E-state index in [0.717, 1.165) is 10.4 Å². The smallest absolute Gasteiger partial charge is 0.128 e. The van der Waals surface area contributed by atoms with Crippen LogP contribution in [0.5, 0.6) is 0 Å². The summed E-state index contributed by atoms with van der Waals surface area (Å²) in [5.41, 5.74) is 7.79. The number of rotatable bonds is 2. The van der Waals surface area contributed by atoms with Crippen molar-refractivity contribution in [2.24, 2.45) is 5.73 Å². The molecule has 2 heterocycles. The van der Waals surface area contributed by atoms with Crippen molar-refractivity contribution in [3.05, 3.63) is 57.5 Å². The van der Waals surface area contributed by atoms with Crippen LogP contribution >= 0.6 is 22.7 Å². The van der Waals surface area contributed by atoms with Crippen LogP contribution in [0.4, 0.5) is 4.39 Å². The Morgan fingerprint density at radius 3 is 2.78 bits per heavy atom. The summed E-state index contributed by atoms with van der Waals surface area (Å²) in [6.07, 6.45) is 0. The molecule has 0 saturated heterocycles. The highest BCUT2D eigenvalue weighted by Crippen LogP contribution is 2.35. The van der Waals surface area contributed by atoms with Gasteiger partial charge in [-0.3, -0.25) is 0 Å². The third-order valence-corrected chi connectivity index (χ3v) is 5.13. The van der Waals surface area contributed by atoms with Crippen molar-refractivity contribution in [1.29, 1.82) is 0 Å². The van der Waals surface area contributed by atoms with Gasteiger partial charge in [0, 0.05) is 19.8 Å². The molecule has 3 rings (SSSR count). The minimum atomic E-state index is -0.380. The van der Waals surface area contributed by atoms with Gasteiger partial charge in [-0.15, -0.1) is 22.7 Å². The van der Waals surface area contributed by atoms with Crippen LogP contribution in [-0.2, 0) is 0 Å². The third kappa shape index (κ3) is 1.96. The van der Waals surface area contributed by atoms with E-state index in [1.807, 2.05) is 13.0 Å². The Kier molecular flexibility index (Phi) is 2.93. The van der Waals surface area contributed by atoms with Crippen molar-refractivity contribution in [3.8, 4) is 0 Å². The molecule has 0 aliphatic rings. The molecule has 0 fully saturated rings. The maximum Gasteiger partial charge on any atom is 0.128 e. The van der Waals surface area contributed by atoms with E-state index in [9.17, 15) is 4.39 Å². The fourth-order valence-corrected chi connectivity index (χ4v) is 4.13. The third-order valence-electron chi connectivity index (χ3n) is 2.95.